The number of hydrogen-bond donors (Lipinski definition) is 3. The lowest BCUT2D eigenvalue weighted by Gasteiger charge is -2.09. The molecule has 0 bridgehead atoms. The maximum Gasteiger partial charge on any atom is 0.287 e. The zero-order chi connectivity index (χ0) is 18.1. The second-order valence-corrected chi connectivity index (χ2v) is 5.04. The molecule has 1 aromatic heterocycles. The number of benzene rings is 1. The summed E-state index contributed by atoms with van der Waals surface area (Å²) in [5, 5.41) is 2.35. The summed E-state index contributed by atoms with van der Waals surface area (Å²) in [5.41, 5.74) is 5.54. The largest absolute Gasteiger partial charge is 0.484 e. The van der Waals surface area contributed by atoms with Gasteiger partial charge in [0.2, 0.25) is 0 Å². The molecule has 132 valence electrons. The van der Waals surface area contributed by atoms with Crippen molar-refractivity contribution in [3.63, 3.8) is 0 Å². The van der Waals surface area contributed by atoms with Gasteiger partial charge in [0.05, 0.1) is 12.8 Å². The van der Waals surface area contributed by atoms with Crippen LogP contribution in [0.1, 0.15) is 23.0 Å². The molecule has 8 heteroatoms. The molecule has 0 aliphatic heterocycles. The van der Waals surface area contributed by atoms with Crippen LogP contribution < -0.4 is 20.9 Å². The summed E-state index contributed by atoms with van der Waals surface area (Å²) in [6.45, 7) is 1.49. The molecule has 3 amide bonds. The van der Waals surface area contributed by atoms with Crippen molar-refractivity contribution in [1.82, 2.24) is 16.2 Å². The van der Waals surface area contributed by atoms with Crippen molar-refractivity contribution in [1.29, 1.82) is 0 Å². The first-order chi connectivity index (χ1) is 12.1. The average Bonchev–Trinajstić information content (AvgIpc) is 3.18. The van der Waals surface area contributed by atoms with Crippen LogP contribution in [0, 0.1) is 0 Å². The Bertz CT molecular complexity index is 710. The van der Waals surface area contributed by atoms with Crippen LogP contribution in [0.5, 0.6) is 5.75 Å². The van der Waals surface area contributed by atoms with Crippen molar-refractivity contribution in [3.05, 3.63) is 54.0 Å². The second-order valence-electron chi connectivity index (χ2n) is 5.04. The zero-order valence-corrected chi connectivity index (χ0v) is 13.7. The number of aryl methyl sites for hydroxylation is 1. The van der Waals surface area contributed by atoms with E-state index in [0.717, 1.165) is 6.42 Å². The van der Waals surface area contributed by atoms with Gasteiger partial charge in [-0.3, -0.25) is 25.2 Å². The van der Waals surface area contributed by atoms with Crippen LogP contribution in [0.15, 0.2) is 47.1 Å². The number of carbonyl (C=O) groups is 3. The lowest BCUT2D eigenvalue weighted by Crippen LogP contribution is -2.47. The van der Waals surface area contributed by atoms with Crippen LogP contribution in [0.2, 0.25) is 0 Å². The summed E-state index contributed by atoms with van der Waals surface area (Å²) < 4.78 is 10.2. The van der Waals surface area contributed by atoms with Gasteiger partial charge in [0.15, 0.2) is 12.4 Å². The van der Waals surface area contributed by atoms with E-state index in [4.69, 9.17) is 9.15 Å². The highest BCUT2D eigenvalue weighted by Crippen LogP contribution is 2.12. The van der Waals surface area contributed by atoms with Crippen molar-refractivity contribution in [2.45, 2.75) is 13.3 Å². The Morgan fingerprint density at radius 2 is 1.76 bits per heavy atom. The summed E-state index contributed by atoms with van der Waals surface area (Å²) in [5.74, 6) is -0.972. The standard InChI is InChI=1S/C17H19N3O5/c1-2-12-5-7-13(8-6-12)25-11-16(22)20-19-15(21)10-18-17(23)14-4-3-9-24-14/h3-9H,2,10-11H2,1H3,(H,18,23)(H,19,21)(H,20,22). The quantitative estimate of drug-likeness (QED) is 0.643. The summed E-state index contributed by atoms with van der Waals surface area (Å²) in [6.07, 6.45) is 2.27. The first-order valence-corrected chi connectivity index (χ1v) is 7.69. The number of hydrogen-bond acceptors (Lipinski definition) is 5. The molecule has 1 heterocycles. The molecule has 0 fully saturated rings. The second kappa shape index (κ2) is 9.11. The Kier molecular flexibility index (Phi) is 6.58. The van der Waals surface area contributed by atoms with Gasteiger partial charge in [-0.05, 0) is 36.2 Å². The monoisotopic (exact) mass is 345 g/mol. The molecule has 2 rings (SSSR count). The summed E-state index contributed by atoms with van der Waals surface area (Å²) in [6, 6.07) is 10.4. The minimum absolute atomic E-state index is 0.0966. The minimum Gasteiger partial charge on any atom is -0.484 e. The van der Waals surface area contributed by atoms with Gasteiger partial charge in [0.25, 0.3) is 17.7 Å². The predicted molar refractivity (Wildman–Crippen MR) is 88.6 cm³/mol. The highest BCUT2D eigenvalue weighted by molar-refractivity contribution is 5.94. The van der Waals surface area contributed by atoms with Gasteiger partial charge in [-0.1, -0.05) is 19.1 Å². The molecule has 8 nitrogen and oxygen atoms in total. The molecule has 1 aromatic carbocycles. The average molecular weight is 345 g/mol. The molecule has 0 aliphatic rings. The lowest BCUT2D eigenvalue weighted by molar-refractivity contribution is -0.129. The molecule has 0 unspecified atom stereocenters. The highest BCUT2D eigenvalue weighted by Gasteiger charge is 2.11. The smallest absolute Gasteiger partial charge is 0.287 e. The Labute approximate surface area is 144 Å². The molecule has 0 saturated heterocycles. The van der Waals surface area contributed by atoms with Crippen LogP contribution in [-0.4, -0.2) is 30.9 Å². The Hall–Kier alpha value is -3.29. The van der Waals surface area contributed by atoms with Gasteiger partial charge in [-0.2, -0.15) is 0 Å². The van der Waals surface area contributed by atoms with E-state index >= 15 is 0 Å². The van der Waals surface area contributed by atoms with Crippen LogP contribution in [0.4, 0.5) is 0 Å². The molecular weight excluding hydrogens is 326 g/mol. The van der Waals surface area contributed by atoms with Crippen molar-refractivity contribution in [2.75, 3.05) is 13.2 Å². The number of amides is 3. The van der Waals surface area contributed by atoms with E-state index in [1.807, 2.05) is 19.1 Å². The number of carbonyl (C=O) groups excluding carboxylic acids is 3. The summed E-state index contributed by atoms with van der Waals surface area (Å²) >= 11 is 0. The maximum atomic E-state index is 11.6. The first kappa shape index (κ1) is 18.1. The molecule has 2 aromatic rings. The molecular formula is C17H19N3O5. The van der Waals surface area contributed by atoms with Gasteiger partial charge in [-0.15, -0.1) is 0 Å². The van der Waals surface area contributed by atoms with E-state index in [-0.39, 0.29) is 18.9 Å². The Balaban J connectivity index is 1.63. The van der Waals surface area contributed by atoms with Gasteiger partial charge in [-0.25, -0.2) is 0 Å². The predicted octanol–water partition coefficient (Wildman–Crippen LogP) is 0.798. The Morgan fingerprint density at radius 3 is 2.40 bits per heavy atom. The van der Waals surface area contributed by atoms with Gasteiger partial charge in [0.1, 0.15) is 5.75 Å². The molecule has 25 heavy (non-hydrogen) atoms. The minimum atomic E-state index is -0.583. The molecule has 0 aliphatic carbocycles. The Morgan fingerprint density at radius 1 is 1.04 bits per heavy atom. The number of hydrazine groups is 1. The molecule has 0 saturated carbocycles. The third-order valence-corrected chi connectivity index (χ3v) is 3.20. The molecule has 0 spiro atoms. The molecule has 0 atom stereocenters. The van der Waals surface area contributed by atoms with Gasteiger partial charge >= 0.3 is 0 Å². The van der Waals surface area contributed by atoms with E-state index in [9.17, 15) is 14.4 Å². The van der Waals surface area contributed by atoms with E-state index in [1.54, 1.807) is 18.2 Å². The van der Waals surface area contributed by atoms with Crippen LogP contribution in [-0.2, 0) is 16.0 Å². The highest BCUT2D eigenvalue weighted by atomic mass is 16.5. The fourth-order valence-corrected chi connectivity index (χ4v) is 1.85. The molecule has 3 N–H and O–H groups in total. The maximum absolute atomic E-state index is 11.6. The number of rotatable bonds is 7. The fourth-order valence-electron chi connectivity index (χ4n) is 1.85. The third-order valence-electron chi connectivity index (χ3n) is 3.20. The molecule has 0 radical (unpaired) electrons. The van der Waals surface area contributed by atoms with Gasteiger partial charge in [0, 0.05) is 0 Å². The normalized spacial score (nSPS) is 9.96. The van der Waals surface area contributed by atoms with Crippen molar-refractivity contribution in [3.8, 4) is 5.75 Å². The number of furan rings is 1. The summed E-state index contributed by atoms with van der Waals surface area (Å²) in [7, 11) is 0. The van der Waals surface area contributed by atoms with Crippen molar-refractivity contribution >= 4 is 17.7 Å². The topological polar surface area (TPSA) is 110 Å². The van der Waals surface area contributed by atoms with E-state index in [0.29, 0.717) is 5.75 Å². The van der Waals surface area contributed by atoms with Crippen LogP contribution in [0.25, 0.3) is 0 Å². The fraction of sp³-hybridized carbons (Fsp3) is 0.235. The van der Waals surface area contributed by atoms with Crippen molar-refractivity contribution < 1.29 is 23.5 Å². The summed E-state index contributed by atoms with van der Waals surface area (Å²) in [4.78, 5) is 34.7. The van der Waals surface area contributed by atoms with E-state index in [2.05, 4.69) is 16.2 Å². The SMILES string of the molecule is CCc1ccc(OCC(=O)NNC(=O)CNC(=O)c2ccco2)cc1. The van der Waals surface area contributed by atoms with E-state index in [1.165, 1.54) is 17.9 Å². The van der Waals surface area contributed by atoms with Crippen molar-refractivity contribution in [2.24, 2.45) is 0 Å². The lowest BCUT2D eigenvalue weighted by atomic mass is 10.2. The van der Waals surface area contributed by atoms with Crippen LogP contribution >= 0.6 is 0 Å². The van der Waals surface area contributed by atoms with Crippen LogP contribution in [0.3, 0.4) is 0 Å². The van der Waals surface area contributed by atoms with Gasteiger partial charge < -0.3 is 14.5 Å². The van der Waals surface area contributed by atoms with E-state index < -0.39 is 17.7 Å². The number of ether oxygens (including phenoxy) is 1. The third kappa shape index (κ3) is 6.02. The first-order valence-electron chi connectivity index (χ1n) is 7.69. The number of nitrogens with one attached hydrogen (secondary N) is 3. The zero-order valence-electron chi connectivity index (χ0n) is 13.7.